The second kappa shape index (κ2) is 4.89. The average molecular weight is 272 g/mol. The maximum atomic E-state index is 11.7. The van der Waals surface area contributed by atoms with Crippen LogP contribution >= 0.6 is 0 Å². The molecule has 2 heterocycles. The largest absolute Gasteiger partial charge is 0.391 e. The summed E-state index contributed by atoms with van der Waals surface area (Å²) in [7, 11) is 0. The summed E-state index contributed by atoms with van der Waals surface area (Å²) in [5, 5.41) is 29.1. The average Bonchev–Trinajstić information content (AvgIpc) is 2.62. The van der Waals surface area contributed by atoms with Gasteiger partial charge in [0, 0.05) is 11.8 Å². The first-order chi connectivity index (χ1) is 8.82. The van der Waals surface area contributed by atoms with Gasteiger partial charge in [-0.3, -0.25) is 14.3 Å². The van der Waals surface area contributed by atoms with Gasteiger partial charge in [0.05, 0.1) is 6.10 Å². The van der Waals surface area contributed by atoms with Gasteiger partial charge >= 0.3 is 5.69 Å². The van der Waals surface area contributed by atoms with Gasteiger partial charge in [0.25, 0.3) is 5.56 Å². The van der Waals surface area contributed by atoms with E-state index < -0.39 is 41.9 Å². The lowest BCUT2D eigenvalue weighted by Gasteiger charge is -2.18. The summed E-state index contributed by atoms with van der Waals surface area (Å²) in [4.78, 5) is 25.0. The molecular formula is C11H16N2O6. The number of aliphatic hydroxyl groups is 3. The highest BCUT2D eigenvalue weighted by Crippen LogP contribution is 2.29. The van der Waals surface area contributed by atoms with E-state index >= 15 is 0 Å². The molecule has 19 heavy (non-hydrogen) atoms. The molecule has 5 atom stereocenters. The second-order valence-corrected chi connectivity index (χ2v) is 4.69. The molecule has 4 N–H and O–H groups in total. The van der Waals surface area contributed by atoms with Crippen LogP contribution in [0.5, 0.6) is 0 Å². The van der Waals surface area contributed by atoms with E-state index in [2.05, 4.69) is 4.98 Å². The molecule has 1 aliphatic rings. The van der Waals surface area contributed by atoms with E-state index in [-0.39, 0.29) is 5.56 Å². The van der Waals surface area contributed by atoms with E-state index in [0.717, 1.165) is 4.57 Å². The topological polar surface area (TPSA) is 125 Å². The lowest BCUT2D eigenvalue weighted by Crippen LogP contribution is -2.39. The van der Waals surface area contributed by atoms with E-state index in [1.54, 1.807) is 0 Å². The Morgan fingerprint density at radius 1 is 1.37 bits per heavy atom. The summed E-state index contributed by atoms with van der Waals surface area (Å²) >= 11 is 0. The maximum absolute atomic E-state index is 11.7. The Kier molecular flexibility index (Phi) is 3.59. The molecule has 0 radical (unpaired) electrons. The second-order valence-electron chi connectivity index (χ2n) is 4.69. The molecule has 1 aromatic heterocycles. The lowest BCUT2D eigenvalue weighted by molar-refractivity contribution is -0.0804. The minimum Gasteiger partial charge on any atom is -0.391 e. The zero-order chi connectivity index (χ0) is 14.3. The summed E-state index contributed by atoms with van der Waals surface area (Å²) < 4.78 is 6.29. The predicted octanol–water partition coefficient (Wildman–Crippen LogP) is -2.15. The quantitative estimate of drug-likeness (QED) is 0.486. The Morgan fingerprint density at radius 2 is 2.00 bits per heavy atom. The number of H-pyrrole nitrogens is 1. The number of hydrogen-bond donors (Lipinski definition) is 4. The van der Waals surface area contributed by atoms with Crippen LogP contribution in [0, 0.1) is 6.92 Å². The van der Waals surface area contributed by atoms with Crippen molar-refractivity contribution < 1.29 is 20.1 Å². The molecule has 0 saturated carbocycles. The summed E-state index contributed by atoms with van der Waals surface area (Å²) in [6.45, 7) is 2.91. The van der Waals surface area contributed by atoms with E-state index in [1.165, 1.54) is 20.0 Å². The number of nitrogens with zero attached hydrogens (tertiary/aromatic N) is 1. The molecule has 5 unspecified atom stereocenters. The van der Waals surface area contributed by atoms with Crippen LogP contribution in [0.25, 0.3) is 0 Å². The van der Waals surface area contributed by atoms with Gasteiger partial charge < -0.3 is 20.1 Å². The molecule has 0 amide bonds. The van der Waals surface area contributed by atoms with Crippen LogP contribution in [0.15, 0.2) is 15.8 Å². The van der Waals surface area contributed by atoms with Crippen LogP contribution in [0.1, 0.15) is 18.7 Å². The first kappa shape index (κ1) is 13.9. The third-order valence-corrected chi connectivity index (χ3v) is 3.17. The fourth-order valence-electron chi connectivity index (χ4n) is 2.09. The number of ether oxygens (including phenoxy) is 1. The molecule has 1 saturated heterocycles. The van der Waals surface area contributed by atoms with Gasteiger partial charge in [-0.05, 0) is 13.8 Å². The highest BCUT2D eigenvalue weighted by Gasteiger charge is 2.46. The van der Waals surface area contributed by atoms with Crippen LogP contribution in [0.2, 0.25) is 0 Å². The van der Waals surface area contributed by atoms with Gasteiger partial charge in [-0.25, -0.2) is 4.79 Å². The molecule has 0 aromatic carbocycles. The molecule has 1 aliphatic heterocycles. The van der Waals surface area contributed by atoms with Crippen LogP contribution in [-0.2, 0) is 4.74 Å². The summed E-state index contributed by atoms with van der Waals surface area (Å²) in [6, 6.07) is 0. The highest BCUT2D eigenvalue weighted by molar-refractivity contribution is 5.03. The third-order valence-electron chi connectivity index (χ3n) is 3.17. The van der Waals surface area contributed by atoms with Crippen LogP contribution in [0.3, 0.4) is 0 Å². The summed E-state index contributed by atoms with van der Waals surface area (Å²) in [5.74, 6) is 0. The molecule has 0 spiro atoms. The van der Waals surface area contributed by atoms with Crippen molar-refractivity contribution in [2.45, 2.75) is 44.5 Å². The number of aromatic nitrogens is 2. The van der Waals surface area contributed by atoms with Crippen LogP contribution in [-0.4, -0.2) is 49.3 Å². The molecule has 0 bridgehead atoms. The van der Waals surface area contributed by atoms with Crippen molar-refractivity contribution in [1.29, 1.82) is 0 Å². The van der Waals surface area contributed by atoms with E-state index in [9.17, 15) is 24.9 Å². The molecule has 2 rings (SSSR count). The SMILES string of the molecule is Cc1cn(C2OC(C(C)O)C(O)C2O)c(=O)[nH]c1=O. The molecule has 106 valence electrons. The number of aliphatic hydroxyl groups excluding tert-OH is 3. The van der Waals surface area contributed by atoms with Crippen molar-refractivity contribution in [1.82, 2.24) is 9.55 Å². The Hall–Kier alpha value is -1.48. The van der Waals surface area contributed by atoms with Crippen molar-refractivity contribution in [2.75, 3.05) is 0 Å². The maximum Gasteiger partial charge on any atom is 0.330 e. The number of aryl methyl sites for hydroxylation is 1. The number of aromatic amines is 1. The first-order valence-electron chi connectivity index (χ1n) is 5.84. The standard InChI is InChI=1S/C11H16N2O6/c1-4-3-13(11(18)12-9(4)17)10-7(16)6(15)8(19-10)5(2)14/h3,5-8,10,14-16H,1-2H3,(H,12,17,18). The molecular weight excluding hydrogens is 256 g/mol. The fourth-order valence-corrected chi connectivity index (χ4v) is 2.09. The van der Waals surface area contributed by atoms with Crippen molar-refractivity contribution in [3.63, 3.8) is 0 Å². The Balaban J connectivity index is 2.41. The van der Waals surface area contributed by atoms with Gasteiger partial charge in [-0.15, -0.1) is 0 Å². The van der Waals surface area contributed by atoms with Gasteiger partial charge in [-0.2, -0.15) is 0 Å². The Morgan fingerprint density at radius 3 is 2.53 bits per heavy atom. The number of hydrogen-bond acceptors (Lipinski definition) is 6. The van der Waals surface area contributed by atoms with Gasteiger partial charge in [-0.1, -0.05) is 0 Å². The molecule has 1 fully saturated rings. The zero-order valence-corrected chi connectivity index (χ0v) is 10.5. The first-order valence-corrected chi connectivity index (χ1v) is 5.84. The number of nitrogens with one attached hydrogen (secondary N) is 1. The van der Waals surface area contributed by atoms with E-state index in [0.29, 0.717) is 0 Å². The molecule has 0 aliphatic carbocycles. The van der Waals surface area contributed by atoms with E-state index in [4.69, 9.17) is 4.74 Å². The molecule has 8 nitrogen and oxygen atoms in total. The smallest absolute Gasteiger partial charge is 0.330 e. The van der Waals surface area contributed by atoms with E-state index in [1.807, 2.05) is 0 Å². The Bertz CT molecular complexity index is 577. The van der Waals surface area contributed by atoms with Crippen molar-refractivity contribution in [3.05, 3.63) is 32.6 Å². The fraction of sp³-hybridized carbons (Fsp3) is 0.636. The number of rotatable bonds is 2. The monoisotopic (exact) mass is 272 g/mol. The predicted molar refractivity (Wildman–Crippen MR) is 63.7 cm³/mol. The van der Waals surface area contributed by atoms with Gasteiger partial charge in [0.15, 0.2) is 6.23 Å². The summed E-state index contributed by atoms with van der Waals surface area (Å²) in [5.41, 5.74) is -1.01. The van der Waals surface area contributed by atoms with Crippen LogP contribution in [0.4, 0.5) is 0 Å². The zero-order valence-electron chi connectivity index (χ0n) is 10.5. The minimum atomic E-state index is -1.37. The van der Waals surface area contributed by atoms with Gasteiger partial charge in [0.2, 0.25) is 0 Å². The highest BCUT2D eigenvalue weighted by atomic mass is 16.6. The van der Waals surface area contributed by atoms with Gasteiger partial charge in [0.1, 0.15) is 18.3 Å². The van der Waals surface area contributed by atoms with Crippen molar-refractivity contribution in [2.24, 2.45) is 0 Å². The lowest BCUT2D eigenvalue weighted by atomic mass is 10.1. The Labute approximate surface area is 107 Å². The normalized spacial score (nSPS) is 32.5. The third kappa shape index (κ3) is 2.35. The molecule has 1 aromatic rings. The van der Waals surface area contributed by atoms with Crippen molar-refractivity contribution >= 4 is 0 Å². The summed E-state index contributed by atoms with van der Waals surface area (Å²) in [6.07, 6.45) is -4.61. The molecule has 8 heteroatoms. The van der Waals surface area contributed by atoms with Crippen LogP contribution < -0.4 is 11.2 Å². The van der Waals surface area contributed by atoms with Crippen molar-refractivity contribution in [3.8, 4) is 0 Å². The minimum absolute atomic E-state index is 0.269.